The highest BCUT2D eigenvalue weighted by Crippen LogP contribution is 2.25. The molecule has 1 aliphatic rings. The molecule has 2 atom stereocenters. The number of rotatable bonds is 16. The predicted molar refractivity (Wildman–Crippen MR) is 95.7 cm³/mol. The molecule has 0 radical (unpaired) electrons. The standard InChI is InChI=1S/C20H36O3/c1-2-3-4-5-6-7-8-9-10-11-12-13-14-15-16-18(20(21)22)19-17-23-19/h9-10,18-19H,2-8,11-17H2,1H3,(H,21,22). The fraction of sp³-hybridized carbons (Fsp3) is 0.850. The first-order valence-corrected chi connectivity index (χ1v) is 9.75. The SMILES string of the molecule is CCCCCCCCC=CCCCCCCC(C(=O)O)C1CO1. The van der Waals surface area contributed by atoms with Gasteiger partial charge < -0.3 is 9.84 Å². The topological polar surface area (TPSA) is 49.8 Å². The summed E-state index contributed by atoms with van der Waals surface area (Å²) in [7, 11) is 0. The van der Waals surface area contributed by atoms with Crippen LogP contribution in [0.4, 0.5) is 0 Å². The molecule has 0 amide bonds. The van der Waals surface area contributed by atoms with Crippen LogP contribution in [0.3, 0.4) is 0 Å². The molecular weight excluding hydrogens is 288 g/mol. The highest BCUT2D eigenvalue weighted by Gasteiger charge is 2.37. The summed E-state index contributed by atoms with van der Waals surface area (Å²) in [4.78, 5) is 11.1. The fourth-order valence-electron chi connectivity index (χ4n) is 3.01. The van der Waals surface area contributed by atoms with E-state index in [1.165, 1.54) is 64.2 Å². The molecule has 1 N–H and O–H groups in total. The summed E-state index contributed by atoms with van der Waals surface area (Å²) in [6.07, 6.45) is 20.6. The van der Waals surface area contributed by atoms with E-state index in [1.807, 2.05) is 0 Å². The van der Waals surface area contributed by atoms with Gasteiger partial charge in [-0.05, 0) is 32.1 Å². The number of ether oxygens (including phenoxy) is 1. The van der Waals surface area contributed by atoms with Crippen LogP contribution < -0.4 is 0 Å². The zero-order valence-electron chi connectivity index (χ0n) is 15.0. The van der Waals surface area contributed by atoms with E-state index in [4.69, 9.17) is 9.84 Å². The number of carboxylic acids is 1. The first kappa shape index (κ1) is 20.2. The maximum atomic E-state index is 11.1. The lowest BCUT2D eigenvalue weighted by molar-refractivity contribution is -0.142. The fourth-order valence-corrected chi connectivity index (χ4v) is 3.01. The molecule has 134 valence electrons. The molecule has 3 heteroatoms. The van der Waals surface area contributed by atoms with Crippen LogP contribution in [0.15, 0.2) is 12.2 Å². The Morgan fingerprint density at radius 3 is 2.04 bits per heavy atom. The van der Waals surface area contributed by atoms with Crippen LogP contribution in [0.1, 0.15) is 90.4 Å². The van der Waals surface area contributed by atoms with Crippen molar-refractivity contribution in [2.24, 2.45) is 5.92 Å². The predicted octanol–water partition coefficient (Wildman–Crippen LogP) is 5.73. The average Bonchev–Trinajstić information content (AvgIpc) is 3.35. The molecule has 1 aliphatic heterocycles. The minimum atomic E-state index is -0.690. The van der Waals surface area contributed by atoms with Gasteiger partial charge in [0.2, 0.25) is 0 Å². The largest absolute Gasteiger partial charge is 0.481 e. The second-order valence-corrected chi connectivity index (χ2v) is 6.84. The summed E-state index contributed by atoms with van der Waals surface area (Å²) < 4.78 is 5.11. The smallest absolute Gasteiger partial charge is 0.309 e. The molecule has 3 nitrogen and oxygen atoms in total. The van der Waals surface area contributed by atoms with Crippen molar-refractivity contribution in [1.82, 2.24) is 0 Å². The minimum absolute atomic E-state index is 0.00240. The molecule has 1 fully saturated rings. The van der Waals surface area contributed by atoms with Gasteiger partial charge in [-0.25, -0.2) is 0 Å². The number of epoxide rings is 1. The molecule has 1 saturated heterocycles. The van der Waals surface area contributed by atoms with Gasteiger partial charge in [0.05, 0.1) is 18.6 Å². The lowest BCUT2D eigenvalue weighted by atomic mass is 9.97. The number of hydrogen-bond acceptors (Lipinski definition) is 2. The van der Waals surface area contributed by atoms with Crippen LogP contribution in [0.2, 0.25) is 0 Å². The quantitative estimate of drug-likeness (QED) is 0.224. The van der Waals surface area contributed by atoms with Gasteiger partial charge in [0.15, 0.2) is 0 Å². The first-order valence-electron chi connectivity index (χ1n) is 9.75. The number of unbranched alkanes of at least 4 members (excludes halogenated alkanes) is 10. The third kappa shape index (κ3) is 11.4. The summed E-state index contributed by atoms with van der Waals surface area (Å²) in [5.41, 5.74) is 0. The Labute approximate surface area is 142 Å². The third-order valence-electron chi connectivity index (χ3n) is 4.65. The van der Waals surface area contributed by atoms with Gasteiger partial charge in [0.25, 0.3) is 0 Å². The van der Waals surface area contributed by atoms with Crippen LogP contribution in [-0.2, 0) is 9.53 Å². The molecule has 0 aromatic rings. The summed E-state index contributed by atoms with van der Waals surface area (Å²) >= 11 is 0. The molecular formula is C20H36O3. The van der Waals surface area contributed by atoms with E-state index in [1.54, 1.807) is 0 Å². The lowest BCUT2D eigenvalue weighted by Gasteiger charge is -2.08. The molecule has 0 aliphatic carbocycles. The van der Waals surface area contributed by atoms with Crippen LogP contribution in [0.5, 0.6) is 0 Å². The Balaban J connectivity index is 1.82. The van der Waals surface area contributed by atoms with Crippen LogP contribution in [-0.4, -0.2) is 23.8 Å². The molecule has 2 unspecified atom stereocenters. The lowest BCUT2D eigenvalue weighted by Crippen LogP contribution is -2.19. The van der Waals surface area contributed by atoms with Crippen molar-refractivity contribution in [1.29, 1.82) is 0 Å². The highest BCUT2D eigenvalue weighted by atomic mass is 16.6. The van der Waals surface area contributed by atoms with Gasteiger partial charge >= 0.3 is 5.97 Å². The molecule has 0 saturated carbocycles. The van der Waals surface area contributed by atoms with Crippen LogP contribution >= 0.6 is 0 Å². The Bertz CT molecular complexity index is 321. The number of aliphatic carboxylic acids is 1. The molecule has 0 aromatic carbocycles. The van der Waals surface area contributed by atoms with E-state index in [9.17, 15) is 4.79 Å². The van der Waals surface area contributed by atoms with Gasteiger partial charge in [-0.15, -0.1) is 0 Å². The van der Waals surface area contributed by atoms with E-state index in [-0.39, 0.29) is 12.0 Å². The van der Waals surface area contributed by atoms with Crippen molar-refractivity contribution >= 4 is 5.97 Å². The number of hydrogen-bond donors (Lipinski definition) is 1. The van der Waals surface area contributed by atoms with Crippen molar-refractivity contribution in [3.63, 3.8) is 0 Å². The van der Waals surface area contributed by atoms with Gasteiger partial charge in [0.1, 0.15) is 0 Å². The van der Waals surface area contributed by atoms with E-state index < -0.39 is 5.97 Å². The van der Waals surface area contributed by atoms with Gasteiger partial charge in [-0.1, -0.05) is 70.4 Å². The second kappa shape index (κ2) is 13.6. The average molecular weight is 325 g/mol. The Morgan fingerprint density at radius 2 is 1.52 bits per heavy atom. The number of carboxylic acid groups (broad SMARTS) is 1. The summed E-state index contributed by atoms with van der Waals surface area (Å²) in [5.74, 6) is -0.961. The van der Waals surface area contributed by atoms with E-state index in [0.717, 1.165) is 19.3 Å². The maximum Gasteiger partial charge on any atom is 0.309 e. The zero-order chi connectivity index (χ0) is 16.8. The Morgan fingerprint density at radius 1 is 1.00 bits per heavy atom. The second-order valence-electron chi connectivity index (χ2n) is 6.84. The van der Waals surface area contributed by atoms with Gasteiger partial charge in [-0.2, -0.15) is 0 Å². The van der Waals surface area contributed by atoms with Crippen molar-refractivity contribution in [2.75, 3.05) is 6.61 Å². The van der Waals surface area contributed by atoms with E-state index >= 15 is 0 Å². The molecule has 1 heterocycles. The first-order chi connectivity index (χ1) is 11.3. The summed E-state index contributed by atoms with van der Waals surface area (Å²) in [6, 6.07) is 0. The van der Waals surface area contributed by atoms with Gasteiger partial charge in [0, 0.05) is 0 Å². The van der Waals surface area contributed by atoms with Gasteiger partial charge in [-0.3, -0.25) is 4.79 Å². The van der Waals surface area contributed by atoms with E-state index in [0.29, 0.717) is 6.61 Å². The molecule has 0 bridgehead atoms. The van der Waals surface area contributed by atoms with E-state index in [2.05, 4.69) is 19.1 Å². The van der Waals surface area contributed by atoms with Crippen molar-refractivity contribution in [3.8, 4) is 0 Å². The summed E-state index contributed by atoms with van der Waals surface area (Å²) in [5, 5.41) is 9.10. The monoisotopic (exact) mass is 324 g/mol. The molecule has 23 heavy (non-hydrogen) atoms. The van der Waals surface area contributed by atoms with Crippen molar-refractivity contribution in [2.45, 2.75) is 96.5 Å². The molecule has 0 aromatic heterocycles. The number of allylic oxidation sites excluding steroid dienone is 2. The minimum Gasteiger partial charge on any atom is -0.481 e. The number of carbonyl (C=O) groups is 1. The van der Waals surface area contributed by atoms with Crippen LogP contribution in [0.25, 0.3) is 0 Å². The zero-order valence-corrected chi connectivity index (χ0v) is 15.0. The maximum absolute atomic E-state index is 11.1. The molecule has 1 rings (SSSR count). The highest BCUT2D eigenvalue weighted by molar-refractivity contribution is 5.71. The molecule has 0 spiro atoms. The Hall–Kier alpha value is -0.830. The van der Waals surface area contributed by atoms with Crippen molar-refractivity contribution in [3.05, 3.63) is 12.2 Å². The van der Waals surface area contributed by atoms with Crippen LogP contribution in [0, 0.1) is 5.92 Å². The normalized spacial score (nSPS) is 18.4. The third-order valence-corrected chi connectivity index (χ3v) is 4.65. The summed E-state index contributed by atoms with van der Waals surface area (Å²) in [6.45, 7) is 2.90. The van der Waals surface area contributed by atoms with Crippen molar-refractivity contribution < 1.29 is 14.6 Å². The Kier molecular flexibility index (Phi) is 11.9.